The Hall–Kier alpha value is -1.18. The number of hydrogen-bond donors (Lipinski definition) is 1. The minimum absolute atomic E-state index is 0.126. The summed E-state index contributed by atoms with van der Waals surface area (Å²) in [5.74, 6) is 1.52. The normalized spacial score (nSPS) is 12.2. The summed E-state index contributed by atoms with van der Waals surface area (Å²) >= 11 is 4.83. The second kappa shape index (κ2) is 7.01. The quantitative estimate of drug-likeness (QED) is 0.855. The lowest BCUT2D eigenvalue weighted by Crippen LogP contribution is -2.06. The Balaban J connectivity index is 2.06. The first kappa shape index (κ1) is 15.2. The number of anilines is 1. The van der Waals surface area contributed by atoms with Crippen molar-refractivity contribution < 1.29 is 9.47 Å². The average molecular weight is 358 g/mol. The summed E-state index contributed by atoms with van der Waals surface area (Å²) in [5.41, 5.74) is 1.14. The van der Waals surface area contributed by atoms with E-state index in [1.807, 2.05) is 18.2 Å². The molecular weight excluding hydrogens is 342 g/mol. The Morgan fingerprint density at radius 3 is 2.85 bits per heavy atom. The van der Waals surface area contributed by atoms with Gasteiger partial charge in [0.05, 0.1) is 17.6 Å². The molecule has 0 aliphatic carbocycles. The van der Waals surface area contributed by atoms with Gasteiger partial charge in [0.1, 0.15) is 12.4 Å². The van der Waals surface area contributed by atoms with Gasteiger partial charge in [0, 0.05) is 18.6 Å². The van der Waals surface area contributed by atoms with Gasteiger partial charge in [-0.2, -0.15) is 4.37 Å². The van der Waals surface area contributed by atoms with Crippen LogP contribution < -0.4 is 10.1 Å². The maximum absolute atomic E-state index is 5.23. The van der Waals surface area contributed by atoms with Crippen LogP contribution in [0.4, 0.5) is 5.13 Å². The molecule has 2 rings (SSSR count). The second-order valence-corrected chi connectivity index (χ2v) is 5.81. The molecule has 1 N–H and O–H groups in total. The van der Waals surface area contributed by atoms with Gasteiger partial charge in [-0.25, -0.2) is 4.98 Å². The molecule has 1 aromatic heterocycles. The van der Waals surface area contributed by atoms with E-state index in [0.29, 0.717) is 12.4 Å². The van der Waals surface area contributed by atoms with Gasteiger partial charge in [0.25, 0.3) is 0 Å². The summed E-state index contributed by atoms with van der Waals surface area (Å²) in [6.45, 7) is 2.51. The fraction of sp³-hybridized carbons (Fsp3) is 0.385. The number of nitrogens with one attached hydrogen (secondary N) is 1. The summed E-state index contributed by atoms with van der Waals surface area (Å²) in [4.78, 5) is 4.36. The van der Waals surface area contributed by atoms with Gasteiger partial charge in [-0.3, -0.25) is 0 Å². The highest BCUT2D eigenvalue weighted by atomic mass is 79.9. The molecule has 1 aromatic carbocycles. The van der Waals surface area contributed by atoms with Crippen LogP contribution in [0.15, 0.2) is 22.7 Å². The van der Waals surface area contributed by atoms with E-state index >= 15 is 0 Å². The van der Waals surface area contributed by atoms with E-state index in [9.17, 15) is 0 Å². The van der Waals surface area contributed by atoms with Crippen LogP contribution >= 0.6 is 27.5 Å². The van der Waals surface area contributed by atoms with Gasteiger partial charge >= 0.3 is 0 Å². The Labute approximate surface area is 130 Å². The van der Waals surface area contributed by atoms with Crippen molar-refractivity contribution in [3.8, 4) is 5.75 Å². The summed E-state index contributed by atoms with van der Waals surface area (Å²) < 4.78 is 15.4. The summed E-state index contributed by atoms with van der Waals surface area (Å²) in [6, 6.07) is 6.13. The number of benzene rings is 1. The smallest absolute Gasteiger partial charge is 0.203 e. The minimum atomic E-state index is 0.126. The monoisotopic (exact) mass is 357 g/mol. The van der Waals surface area contributed by atoms with Crippen molar-refractivity contribution in [1.82, 2.24) is 9.36 Å². The van der Waals surface area contributed by atoms with E-state index in [1.54, 1.807) is 14.2 Å². The number of hydrogen-bond acceptors (Lipinski definition) is 6. The summed E-state index contributed by atoms with van der Waals surface area (Å²) in [7, 11) is 3.28. The zero-order valence-electron chi connectivity index (χ0n) is 11.5. The van der Waals surface area contributed by atoms with Crippen molar-refractivity contribution in [2.75, 3.05) is 19.5 Å². The van der Waals surface area contributed by atoms with Crippen LogP contribution in [-0.4, -0.2) is 23.6 Å². The first-order valence-electron chi connectivity index (χ1n) is 6.05. The molecule has 0 spiro atoms. The third-order valence-electron chi connectivity index (χ3n) is 2.76. The summed E-state index contributed by atoms with van der Waals surface area (Å²) in [5, 5.41) is 4.12. The maximum atomic E-state index is 5.23. The van der Waals surface area contributed by atoms with Crippen LogP contribution in [0.2, 0.25) is 0 Å². The predicted octanol–water partition coefficient (Wildman–Crippen LogP) is 3.63. The molecule has 0 saturated heterocycles. The van der Waals surface area contributed by atoms with Crippen LogP contribution in [0.3, 0.4) is 0 Å². The molecule has 1 atom stereocenters. The van der Waals surface area contributed by atoms with Crippen molar-refractivity contribution in [2.45, 2.75) is 19.6 Å². The van der Waals surface area contributed by atoms with Gasteiger partial charge in [0.2, 0.25) is 5.13 Å². The fourth-order valence-electron chi connectivity index (χ4n) is 1.72. The van der Waals surface area contributed by atoms with Gasteiger partial charge < -0.3 is 14.8 Å². The molecule has 0 saturated carbocycles. The zero-order chi connectivity index (χ0) is 14.5. The minimum Gasteiger partial charge on any atom is -0.496 e. The van der Waals surface area contributed by atoms with Crippen molar-refractivity contribution in [2.24, 2.45) is 0 Å². The Morgan fingerprint density at radius 2 is 2.20 bits per heavy atom. The molecule has 108 valence electrons. The lowest BCUT2D eigenvalue weighted by atomic mass is 10.1. The van der Waals surface area contributed by atoms with E-state index in [0.717, 1.165) is 20.9 Å². The largest absolute Gasteiger partial charge is 0.496 e. The van der Waals surface area contributed by atoms with Crippen LogP contribution in [-0.2, 0) is 11.3 Å². The number of methoxy groups -OCH3 is 2. The zero-order valence-corrected chi connectivity index (χ0v) is 13.9. The highest BCUT2D eigenvalue weighted by Crippen LogP contribution is 2.29. The topological polar surface area (TPSA) is 56.3 Å². The molecule has 0 fully saturated rings. The Bertz CT molecular complexity index is 576. The molecular formula is C13H16BrN3O2S. The number of rotatable bonds is 6. The standard InChI is InChI=1S/C13H16BrN3O2S/c1-8(9-4-5-11(19-3)10(14)6-9)15-13-16-12(7-18-2)17-20-13/h4-6,8H,7H2,1-3H3,(H,15,16,17). The predicted molar refractivity (Wildman–Crippen MR) is 83.4 cm³/mol. The van der Waals surface area contributed by atoms with Crippen molar-refractivity contribution >= 4 is 32.6 Å². The van der Waals surface area contributed by atoms with E-state index in [-0.39, 0.29) is 6.04 Å². The van der Waals surface area contributed by atoms with Gasteiger partial charge in [-0.1, -0.05) is 6.07 Å². The molecule has 5 nitrogen and oxygen atoms in total. The fourth-order valence-corrected chi connectivity index (χ4v) is 2.94. The molecule has 1 unspecified atom stereocenters. The molecule has 2 aromatic rings. The Morgan fingerprint density at radius 1 is 1.40 bits per heavy atom. The number of nitrogens with zero attached hydrogens (tertiary/aromatic N) is 2. The summed E-state index contributed by atoms with van der Waals surface area (Å²) in [6.07, 6.45) is 0. The Kier molecular flexibility index (Phi) is 5.33. The SMILES string of the molecule is COCc1nsc(NC(C)c2ccc(OC)c(Br)c2)n1. The van der Waals surface area contributed by atoms with Crippen LogP contribution in [0.1, 0.15) is 24.4 Å². The van der Waals surface area contributed by atoms with Gasteiger partial charge in [0.15, 0.2) is 5.82 Å². The molecule has 0 aliphatic rings. The number of halogens is 1. The highest BCUT2D eigenvalue weighted by Gasteiger charge is 2.11. The molecule has 0 amide bonds. The van der Waals surface area contributed by atoms with Crippen molar-refractivity contribution in [3.05, 3.63) is 34.1 Å². The molecule has 0 aliphatic heterocycles. The van der Waals surface area contributed by atoms with Crippen molar-refractivity contribution in [3.63, 3.8) is 0 Å². The van der Waals surface area contributed by atoms with Gasteiger partial charge in [-0.15, -0.1) is 0 Å². The highest BCUT2D eigenvalue weighted by molar-refractivity contribution is 9.10. The third-order valence-corrected chi connectivity index (χ3v) is 4.06. The van der Waals surface area contributed by atoms with Crippen LogP contribution in [0, 0.1) is 0 Å². The first-order valence-corrected chi connectivity index (χ1v) is 7.62. The number of ether oxygens (including phenoxy) is 2. The maximum Gasteiger partial charge on any atom is 0.203 e. The van der Waals surface area contributed by atoms with Crippen LogP contribution in [0.25, 0.3) is 0 Å². The molecule has 20 heavy (non-hydrogen) atoms. The molecule has 0 radical (unpaired) electrons. The van der Waals surface area contributed by atoms with E-state index in [1.165, 1.54) is 11.5 Å². The van der Waals surface area contributed by atoms with E-state index in [2.05, 4.69) is 37.5 Å². The lowest BCUT2D eigenvalue weighted by Gasteiger charge is -2.14. The second-order valence-electron chi connectivity index (χ2n) is 4.21. The number of aromatic nitrogens is 2. The van der Waals surface area contributed by atoms with Crippen LogP contribution in [0.5, 0.6) is 5.75 Å². The lowest BCUT2D eigenvalue weighted by molar-refractivity contribution is 0.179. The molecule has 7 heteroatoms. The molecule has 1 heterocycles. The van der Waals surface area contributed by atoms with Gasteiger partial charge in [-0.05, 0) is 40.5 Å². The first-order chi connectivity index (χ1) is 9.63. The average Bonchev–Trinajstić information content (AvgIpc) is 2.86. The third kappa shape index (κ3) is 3.68. The molecule has 0 bridgehead atoms. The van der Waals surface area contributed by atoms with E-state index in [4.69, 9.17) is 9.47 Å². The van der Waals surface area contributed by atoms with E-state index < -0.39 is 0 Å². The van der Waals surface area contributed by atoms with Crippen molar-refractivity contribution in [1.29, 1.82) is 0 Å².